The van der Waals surface area contributed by atoms with Crippen LogP contribution >= 0.6 is 0 Å². The summed E-state index contributed by atoms with van der Waals surface area (Å²) in [5, 5.41) is 6.73. The molecule has 0 atom stereocenters. The van der Waals surface area contributed by atoms with Crippen LogP contribution in [0.5, 0.6) is 0 Å². The molecule has 19 heavy (non-hydrogen) atoms. The first kappa shape index (κ1) is 11.3. The van der Waals surface area contributed by atoms with Crippen LogP contribution in [0.15, 0.2) is 47.5 Å². The van der Waals surface area contributed by atoms with Gasteiger partial charge >= 0.3 is 5.69 Å². The van der Waals surface area contributed by atoms with Crippen LogP contribution in [0.3, 0.4) is 0 Å². The lowest BCUT2D eigenvalue weighted by Gasteiger charge is -2.02. The highest BCUT2D eigenvalue weighted by Gasteiger charge is 2.04. The topological polar surface area (TPSA) is 81.6 Å². The van der Waals surface area contributed by atoms with Crippen molar-refractivity contribution in [2.45, 2.75) is 0 Å². The number of aromatic amines is 1. The van der Waals surface area contributed by atoms with Gasteiger partial charge in [-0.3, -0.25) is 9.67 Å². The van der Waals surface area contributed by atoms with Crippen molar-refractivity contribution in [3.63, 3.8) is 0 Å². The zero-order valence-electron chi connectivity index (χ0n) is 10.4. The minimum absolute atomic E-state index is 0.0708. The van der Waals surface area contributed by atoms with Crippen molar-refractivity contribution in [1.82, 2.24) is 19.3 Å². The molecule has 0 spiro atoms. The lowest BCUT2D eigenvalue weighted by Crippen LogP contribution is -2.20. The van der Waals surface area contributed by atoms with Crippen molar-refractivity contribution < 1.29 is 0 Å². The lowest BCUT2D eigenvalue weighted by molar-refractivity contribution is 0.824. The van der Waals surface area contributed by atoms with E-state index in [4.69, 9.17) is 5.73 Å². The molecule has 6 heteroatoms. The fourth-order valence-electron chi connectivity index (χ4n) is 1.95. The maximum Gasteiger partial charge on any atom is 0.332 e. The molecule has 2 heterocycles. The molecule has 0 unspecified atom stereocenters. The van der Waals surface area contributed by atoms with Gasteiger partial charge in [-0.05, 0) is 17.7 Å². The van der Waals surface area contributed by atoms with E-state index in [9.17, 15) is 4.79 Å². The van der Waals surface area contributed by atoms with Crippen molar-refractivity contribution in [2.24, 2.45) is 7.05 Å². The maximum absolute atomic E-state index is 11.8. The molecule has 1 aromatic carbocycles. The molecule has 96 valence electrons. The largest absolute Gasteiger partial charge is 0.382 e. The third-order valence-electron chi connectivity index (χ3n) is 3.00. The summed E-state index contributed by atoms with van der Waals surface area (Å²) in [4.78, 5) is 11.8. The number of imidazole rings is 1. The van der Waals surface area contributed by atoms with E-state index >= 15 is 0 Å². The summed E-state index contributed by atoms with van der Waals surface area (Å²) in [6.45, 7) is 0. The molecular formula is C13H13N5O. The molecular weight excluding hydrogens is 242 g/mol. The molecule has 0 amide bonds. The standard InChI is InChI=1S/C13H13N5O/c1-17-6-7-18(13(17)19)10-4-2-9(3-5-10)11-8-12(14)16-15-11/h2-8H,1H3,(H3,14,15,16). The number of hydrogen-bond acceptors (Lipinski definition) is 3. The quantitative estimate of drug-likeness (QED) is 0.720. The number of nitrogen functional groups attached to an aromatic ring is 1. The Hall–Kier alpha value is -2.76. The minimum atomic E-state index is -0.0708. The monoisotopic (exact) mass is 255 g/mol. The van der Waals surface area contributed by atoms with Gasteiger partial charge in [0.05, 0.1) is 11.4 Å². The van der Waals surface area contributed by atoms with E-state index in [1.807, 2.05) is 24.3 Å². The van der Waals surface area contributed by atoms with E-state index in [1.54, 1.807) is 30.1 Å². The molecule has 0 radical (unpaired) electrons. The van der Waals surface area contributed by atoms with E-state index in [0.29, 0.717) is 5.82 Å². The Morgan fingerprint density at radius 3 is 2.47 bits per heavy atom. The number of benzene rings is 1. The van der Waals surface area contributed by atoms with E-state index in [1.165, 1.54) is 4.57 Å². The summed E-state index contributed by atoms with van der Waals surface area (Å²) >= 11 is 0. The highest BCUT2D eigenvalue weighted by atomic mass is 16.1. The molecule has 6 nitrogen and oxygen atoms in total. The molecule has 0 aliphatic heterocycles. The van der Waals surface area contributed by atoms with Gasteiger partial charge in [0, 0.05) is 25.5 Å². The Morgan fingerprint density at radius 2 is 1.95 bits per heavy atom. The average Bonchev–Trinajstić information content (AvgIpc) is 2.98. The van der Waals surface area contributed by atoms with E-state index in [-0.39, 0.29) is 5.69 Å². The van der Waals surface area contributed by atoms with Crippen molar-refractivity contribution in [2.75, 3.05) is 5.73 Å². The number of nitrogens with one attached hydrogen (secondary N) is 1. The van der Waals surface area contributed by atoms with E-state index in [2.05, 4.69) is 10.2 Å². The smallest absolute Gasteiger partial charge is 0.332 e. The molecule has 0 fully saturated rings. The second-order valence-electron chi connectivity index (χ2n) is 4.31. The van der Waals surface area contributed by atoms with Crippen molar-refractivity contribution in [1.29, 1.82) is 0 Å². The van der Waals surface area contributed by atoms with Crippen LogP contribution in [0, 0.1) is 0 Å². The molecule has 0 aliphatic carbocycles. The van der Waals surface area contributed by atoms with E-state index in [0.717, 1.165) is 16.9 Å². The molecule has 3 aromatic rings. The number of H-pyrrole nitrogens is 1. The highest BCUT2D eigenvalue weighted by Crippen LogP contribution is 2.19. The van der Waals surface area contributed by atoms with Gasteiger partial charge in [-0.25, -0.2) is 4.79 Å². The minimum Gasteiger partial charge on any atom is -0.382 e. The van der Waals surface area contributed by atoms with Crippen molar-refractivity contribution in [3.05, 3.63) is 53.2 Å². The number of hydrogen-bond donors (Lipinski definition) is 2. The van der Waals surface area contributed by atoms with Crippen LogP contribution in [0.4, 0.5) is 5.82 Å². The lowest BCUT2D eigenvalue weighted by atomic mass is 10.1. The maximum atomic E-state index is 11.8. The highest BCUT2D eigenvalue weighted by molar-refractivity contribution is 5.63. The zero-order valence-corrected chi connectivity index (χ0v) is 10.4. The summed E-state index contributed by atoms with van der Waals surface area (Å²) in [6.07, 6.45) is 3.47. The van der Waals surface area contributed by atoms with Gasteiger partial charge in [-0.1, -0.05) is 12.1 Å². The van der Waals surface area contributed by atoms with Gasteiger partial charge in [0.2, 0.25) is 0 Å². The molecule has 0 bridgehead atoms. The number of anilines is 1. The fraction of sp³-hybridized carbons (Fsp3) is 0.0769. The first-order valence-corrected chi connectivity index (χ1v) is 5.81. The summed E-state index contributed by atoms with van der Waals surface area (Å²) in [5.74, 6) is 0.457. The third-order valence-corrected chi connectivity index (χ3v) is 3.00. The molecule has 0 saturated heterocycles. The Kier molecular flexibility index (Phi) is 2.49. The van der Waals surface area contributed by atoms with Gasteiger partial charge < -0.3 is 10.3 Å². The Morgan fingerprint density at radius 1 is 1.21 bits per heavy atom. The van der Waals surface area contributed by atoms with Gasteiger partial charge in [-0.2, -0.15) is 5.10 Å². The summed E-state index contributed by atoms with van der Waals surface area (Å²) in [7, 11) is 1.72. The number of aryl methyl sites for hydroxylation is 1. The number of aromatic nitrogens is 4. The Bertz CT molecular complexity index is 763. The molecule has 2 aromatic heterocycles. The van der Waals surface area contributed by atoms with Crippen LogP contribution in [-0.4, -0.2) is 19.3 Å². The van der Waals surface area contributed by atoms with Crippen molar-refractivity contribution >= 4 is 5.82 Å². The third kappa shape index (κ3) is 1.93. The Labute approximate surface area is 109 Å². The normalized spacial score (nSPS) is 10.8. The average molecular weight is 255 g/mol. The number of nitrogens with zero attached hydrogens (tertiary/aromatic N) is 3. The summed E-state index contributed by atoms with van der Waals surface area (Å²) in [5.41, 5.74) is 8.14. The second-order valence-corrected chi connectivity index (χ2v) is 4.31. The summed E-state index contributed by atoms with van der Waals surface area (Å²) < 4.78 is 3.12. The molecule has 0 saturated carbocycles. The number of rotatable bonds is 2. The van der Waals surface area contributed by atoms with Crippen molar-refractivity contribution in [3.8, 4) is 16.9 Å². The number of nitrogens with two attached hydrogens (primary N) is 1. The molecule has 0 aliphatic rings. The van der Waals surface area contributed by atoms with Crippen LogP contribution in [-0.2, 0) is 7.05 Å². The first-order chi connectivity index (χ1) is 9.15. The van der Waals surface area contributed by atoms with Crippen LogP contribution in [0.25, 0.3) is 16.9 Å². The first-order valence-electron chi connectivity index (χ1n) is 5.81. The predicted molar refractivity (Wildman–Crippen MR) is 73.0 cm³/mol. The predicted octanol–water partition coefficient (Wildman–Crippen LogP) is 1.15. The fourth-order valence-corrected chi connectivity index (χ4v) is 1.95. The molecule has 3 N–H and O–H groups in total. The van der Waals surface area contributed by atoms with Gasteiger partial charge in [0.15, 0.2) is 0 Å². The Balaban J connectivity index is 1.99. The van der Waals surface area contributed by atoms with Gasteiger partial charge in [-0.15, -0.1) is 0 Å². The van der Waals surface area contributed by atoms with E-state index < -0.39 is 0 Å². The van der Waals surface area contributed by atoms with Gasteiger partial charge in [0.25, 0.3) is 0 Å². The molecule has 3 rings (SSSR count). The summed E-state index contributed by atoms with van der Waals surface area (Å²) in [6, 6.07) is 9.37. The van der Waals surface area contributed by atoms with Gasteiger partial charge in [0.1, 0.15) is 5.82 Å². The van der Waals surface area contributed by atoms with Crippen LogP contribution in [0.2, 0.25) is 0 Å². The van der Waals surface area contributed by atoms with Crippen LogP contribution in [0.1, 0.15) is 0 Å². The SMILES string of the molecule is Cn1ccn(-c2ccc(-c3cc(N)n[nH]3)cc2)c1=O. The zero-order chi connectivity index (χ0) is 13.4. The second kappa shape index (κ2) is 4.16. The van der Waals surface area contributed by atoms with Crippen LogP contribution < -0.4 is 11.4 Å².